The summed E-state index contributed by atoms with van der Waals surface area (Å²) in [5.74, 6) is -2.68. The van der Waals surface area contributed by atoms with Crippen molar-refractivity contribution in [3.8, 4) is 0 Å². The third-order valence-electron chi connectivity index (χ3n) is 9.27. The Labute approximate surface area is 245 Å². The van der Waals surface area contributed by atoms with Gasteiger partial charge < -0.3 is 26.0 Å². The number of thiazole rings is 1. The van der Waals surface area contributed by atoms with Gasteiger partial charge in [0.05, 0.1) is 25.3 Å². The molecule has 1 aliphatic heterocycles. The first-order valence-corrected chi connectivity index (χ1v) is 15.2. The number of methoxy groups -OCH3 is 1. The van der Waals surface area contributed by atoms with Gasteiger partial charge in [-0.2, -0.15) is 0 Å². The minimum absolute atomic E-state index is 0.0286. The van der Waals surface area contributed by atoms with E-state index in [1.807, 2.05) is 20.8 Å². The molecule has 4 rings (SSSR count). The minimum Gasteiger partial charge on any atom is -0.469 e. The first-order chi connectivity index (χ1) is 19.1. The number of nitrogens with zero attached hydrogens (tertiary/aromatic N) is 2. The fourth-order valence-electron chi connectivity index (χ4n) is 6.21. The molecule has 2 aliphatic carbocycles. The van der Waals surface area contributed by atoms with Gasteiger partial charge in [-0.1, -0.05) is 53.9 Å². The fraction of sp³-hybridized carbons (Fsp3) is 0.724. The monoisotopic (exact) mass is 589 g/mol. The van der Waals surface area contributed by atoms with Crippen LogP contribution in [0, 0.1) is 22.2 Å². The number of carbonyl (C=O) groups is 5. The summed E-state index contributed by atoms with van der Waals surface area (Å²) in [6.45, 7) is 10.5. The van der Waals surface area contributed by atoms with Crippen LogP contribution >= 0.6 is 11.3 Å². The zero-order valence-electron chi connectivity index (χ0n) is 24.9. The van der Waals surface area contributed by atoms with Gasteiger partial charge in [0.1, 0.15) is 12.1 Å². The Balaban J connectivity index is 1.57. The molecular formula is C29H43N5O6S. The summed E-state index contributed by atoms with van der Waals surface area (Å²) >= 11 is 1.29. The van der Waals surface area contributed by atoms with Gasteiger partial charge in [-0.15, -0.1) is 11.3 Å². The van der Waals surface area contributed by atoms with Gasteiger partial charge in [0, 0.05) is 11.9 Å². The summed E-state index contributed by atoms with van der Waals surface area (Å²) in [5.41, 5.74) is 5.09. The van der Waals surface area contributed by atoms with Crippen LogP contribution in [-0.2, 0) is 35.1 Å². The van der Waals surface area contributed by atoms with Crippen molar-refractivity contribution in [2.75, 3.05) is 19.0 Å². The molecule has 1 aromatic rings. The molecule has 12 heteroatoms. The summed E-state index contributed by atoms with van der Waals surface area (Å²) in [6.07, 6.45) is 4.71. The number of Topliss-reactive ketones (excluding diaryl/α,β-unsaturated/α-hetero) is 1. The Hall–Kier alpha value is -3.02. The molecule has 226 valence electrons. The number of nitrogens with two attached hydrogens (primary N) is 1. The molecule has 11 nitrogen and oxygen atoms in total. The van der Waals surface area contributed by atoms with Crippen LogP contribution < -0.4 is 16.4 Å². The number of ketones is 1. The molecular weight excluding hydrogens is 546 g/mol. The predicted octanol–water partition coefficient (Wildman–Crippen LogP) is 2.43. The summed E-state index contributed by atoms with van der Waals surface area (Å²) in [6, 6.07) is -2.50. The summed E-state index contributed by atoms with van der Waals surface area (Å²) in [5, 5.41) is 8.32. The van der Waals surface area contributed by atoms with Crippen molar-refractivity contribution in [3.05, 3.63) is 11.1 Å². The van der Waals surface area contributed by atoms with Crippen molar-refractivity contribution in [2.45, 2.75) is 97.7 Å². The van der Waals surface area contributed by atoms with E-state index in [9.17, 15) is 24.0 Å². The lowest BCUT2D eigenvalue weighted by Gasteiger charge is -2.36. The number of esters is 1. The number of carbonyl (C=O) groups excluding carboxylic acids is 5. The van der Waals surface area contributed by atoms with E-state index >= 15 is 0 Å². The van der Waals surface area contributed by atoms with E-state index in [1.165, 1.54) is 18.4 Å². The highest BCUT2D eigenvalue weighted by molar-refractivity contribution is 7.13. The van der Waals surface area contributed by atoms with Gasteiger partial charge >= 0.3 is 5.97 Å². The number of primary amides is 1. The minimum atomic E-state index is -1.07. The van der Waals surface area contributed by atoms with Gasteiger partial charge in [0.2, 0.25) is 17.6 Å². The van der Waals surface area contributed by atoms with Crippen LogP contribution in [0.2, 0.25) is 0 Å². The molecule has 1 spiro atoms. The molecule has 41 heavy (non-hydrogen) atoms. The summed E-state index contributed by atoms with van der Waals surface area (Å²) in [4.78, 5) is 70.3. The molecule has 1 aromatic heterocycles. The average Bonchev–Trinajstić information content (AvgIpc) is 3.19. The Morgan fingerprint density at radius 3 is 2.39 bits per heavy atom. The zero-order chi connectivity index (χ0) is 30.3. The van der Waals surface area contributed by atoms with Crippen LogP contribution in [0.25, 0.3) is 0 Å². The van der Waals surface area contributed by atoms with Gasteiger partial charge in [-0.05, 0) is 41.4 Å². The SMILES string of the molecule is COC(=O)Cc1csc(NC(C(=O)N2CC3(C[C@H]2C(=O)NC(CC2CCC2)C(=O)C(N)=O)CC3(C)C)C(C)(C)C)n1. The van der Waals surface area contributed by atoms with E-state index in [4.69, 9.17) is 10.5 Å². The highest BCUT2D eigenvalue weighted by Gasteiger charge is 2.67. The smallest absolute Gasteiger partial charge is 0.311 e. The maximum Gasteiger partial charge on any atom is 0.311 e. The molecule has 0 aromatic carbocycles. The molecule has 3 unspecified atom stereocenters. The van der Waals surface area contributed by atoms with E-state index in [2.05, 4.69) is 29.5 Å². The van der Waals surface area contributed by atoms with Gasteiger partial charge in [-0.25, -0.2) is 4.98 Å². The third kappa shape index (κ3) is 6.57. The van der Waals surface area contributed by atoms with Crippen molar-refractivity contribution >= 4 is 45.9 Å². The zero-order valence-corrected chi connectivity index (χ0v) is 25.7. The second kappa shape index (κ2) is 11.3. The highest BCUT2D eigenvalue weighted by Crippen LogP contribution is 2.69. The lowest BCUT2D eigenvalue weighted by Crippen LogP contribution is -2.56. The van der Waals surface area contributed by atoms with Crippen LogP contribution in [0.3, 0.4) is 0 Å². The van der Waals surface area contributed by atoms with Gasteiger partial charge in [0.15, 0.2) is 5.13 Å². The fourth-order valence-corrected chi connectivity index (χ4v) is 6.95. The van der Waals surface area contributed by atoms with Crippen molar-refractivity contribution in [1.29, 1.82) is 0 Å². The van der Waals surface area contributed by atoms with E-state index in [1.54, 1.807) is 10.3 Å². The van der Waals surface area contributed by atoms with Crippen molar-refractivity contribution in [3.63, 3.8) is 0 Å². The van der Waals surface area contributed by atoms with E-state index in [-0.39, 0.29) is 29.1 Å². The van der Waals surface area contributed by atoms with Crippen LogP contribution in [0.5, 0.6) is 0 Å². The van der Waals surface area contributed by atoms with Crippen LogP contribution in [-0.4, -0.2) is 71.1 Å². The number of likely N-dealkylation sites (tertiary alicyclic amines) is 1. The summed E-state index contributed by atoms with van der Waals surface area (Å²) < 4.78 is 4.73. The quantitative estimate of drug-likeness (QED) is 0.262. The van der Waals surface area contributed by atoms with Gasteiger partial charge in [-0.3, -0.25) is 24.0 Å². The normalized spacial score (nSPS) is 24.7. The third-order valence-corrected chi connectivity index (χ3v) is 10.1. The lowest BCUT2D eigenvalue weighted by molar-refractivity contribution is -0.142. The van der Waals surface area contributed by atoms with Crippen LogP contribution in [0.4, 0.5) is 5.13 Å². The second-order valence-corrected chi connectivity index (χ2v) is 14.5. The number of aromatic nitrogens is 1. The van der Waals surface area contributed by atoms with E-state index < -0.39 is 47.1 Å². The number of hydrogen-bond acceptors (Lipinski definition) is 9. The van der Waals surface area contributed by atoms with Gasteiger partial charge in [0.25, 0.3) is 5.91 Å². The molecule has 3 fully saturated rings. The highest BCUT2D eigenvalue weighted by atomic mass is 32.1. The molecule has 2 saturated carbocycles. The number of amides is 3. The lowest BCUT2D eigenvalue weighted by atomic mass is 9.80. The first kappa shape index (κ1) is 30.9. The van der Waals surface area contributed by atoms with Crippen LogP contribution in [0.1, 0.15) is 78.8 Å². The number of rotatable bonds is 11. The number of nitrogens with one attached hydrogen (secondary N) is 2. The second-order valence-electron chi connectivity index (χ2n) is 13.7. The molecule has 1 saturated heterocycles. The largest absolute Gasteiger partial charge is 0.469 e. The van der Waals surface area contributed by atoms with Crippen molar-refractivity contribution in [2.24, 2.45) is 27.9 Å². The van der Waals surface area contributed by atoms with Crippen LogP contribution in [0.15, 0.2) is 5.38 Å². The van der Waals surface area contributed by atoms with Crippen molar-refractivity contribution in [1.82, 2.24) is 15.2 Å². The topological polar surface area (TPSA) is 161 Å². The Morgan fingerprint density at radius 2 is 1.88 bits per heavy atom. The molecule has 3 amide bonds. The van der Waals surface area contributed by atoms with Crippen molar-refractivity contribution < 1.29 is 28.7 Å². The maximum atomic E-state index is 14.3. The molecule has 3 aliphatic rings. The Kier molecular flexibility index (Phi) is 8.55. The van der Waals surface area contributed by atoms with E-state index in [0.717, 1.165) is 25.7 Å². The molecule has 2 heterocycles. The summed E-state index contributed by atoms with van der Waals surface area (Å²) in [7, 11) is 1.32. The standard InChI is InChI=1S/C29H43N5O6S/c1-27(2,3)22(33-26-31-17(13-41-26)11-20(35)40-6)25(39)34-15-29(14-28(29,4)5)12-19(34)24(38)32-18(21(36)23(30)37)10-16-8-7-9-16/h13,16,18-19,22H,7-12,14-15H2,1-6H3,(H2,30,37)(H,31,33)(H,32,38)/t18?,19-,22?,29?/m0/s1. The molecule has 0 radical (unpaired) electrons. The molecule has 4 atom stereocenters. The van der Waals surface area contributed by atoms with E-state index in [0.29, 0.717) is 30.2 Å². The number of ether oxygens (including phenoxy) is 1. The molecule has 4 N–H and O–H groups in total. The number of anilines is 1. The maximum absolute atomic E-state index is 14.3. The first-order valence-electron chi connectivity index (χ1n) is 14.3. The molecule has 0 bridgehead atoms. The predicted molar refractivity (Wildman–Crippen MR) is 154 cm³/mol. The Morgan fingerprint density at radius 1 is 1.22 bits per heavy atom. The average molecular weight is 590 g/mol. The Bertz CT molecular complexity index is 1220. The number of hydrogen-bond donors (Lipinski definition) is 3.